The zero-order chi connectivity index (χ0) is 12.5. The summed E-state index contributed by atoms with van der Waals surface area (Å²) < 4.78 is 1.91. The Balaban J connectivity index is 1.98. The molecule has 0 atom stereocenters. The highest BCUT2D eigenvalue weighted by Crippen LogP contribution is 2.21. The van der Waals surface area contributed by atoms with E-state index < -0.39 is 0 Å². The lowest BCUT2D eigenvalue weighted by molar-refractivity contribution is 1.21. The first-order chi connectivity index (χ1) is 8.74. The van der Waals surface area contributed by atoms with Gasteiger partial charge in [-0.05, 0) is 24.3 Å². The predicted octanol–water partition coefficient (Wildman–Crippen LogP) is 4.45. The van der Waals surface area contributed by atoms with Gasteiger partial charge in [0.15, 0.2) is 10.1 Å². The van der Waals surface area contributed by atoms with Crippen LogP contribution in [-0.4, -0.2) is 15.6 Å². The maximum atomic E-state index is 6.06. The summed E-state index contributed by atoms with van der Waals surface area (Å²) in [6.07, 6.45) is 3.63. The van der Waals surface area contributed by atoms with Crippen molar-refractivity contribution in [3.63, 3.8) is 0 Å². The summed E-state index contributed by atoms with van der Waals surface area (Å²) in [5, 5.41) is 3.11. The van der Waals surface area contributed by atoms with Crippen molar-refractivity contribution in [3.8, 4) is 0 Å². The van der Waals surface area contributed by atoms with Crippen molar-refractivity contribution in [2.45, 2.75) is 0 Å². The van der Waals surface area contributed by atoms with Gasteiger partial charge >= 0.3 is 0 Å². The average molecular weight is 296 g/mol. The molecule has 2 heterocycles. The Morgan fingerprint density at radius 2 is 2.00 bits per heavy atom. The van der Waals surface area contributed by atoms with Crippen LogP contribution in [-0.2, 0) is 0 Å². The number of halogens is 2. The zero-order valence-electron chi connectivity index (χ0n) is 9.05. The molecule has 1 aromatic carbocycles. The lowest BCUT2D eigenvalue weighted by atomic mass is 10.3. The van der Waals surface area contributed by atoms with E-state index in [0.717, 1.165) is 16.3 Å². The summed E-state index contributed by atoms with van der Waals surface area (Å²) in [6.45, 7) is 0. The number of hydrogen-bond donors (Lipinski definition) is 0. The molecule has 0 aliphatic heterocycles. The SMILES string of the molecule is Clc1ccc(N=Cc2c(Cl)nc3sccn23)cc1. The van der Waals surface area contributed by atoms with Crippen LogP contribution in [0.25, 0.3) is 4.96 Å². The van der Waals surface area contributed by atoms with Crippen LogP contribution in [0.4, 0.5) is 5.69 Å². The summed E-state index contributed by atoms with van der Waals surface area (Å²) in [6, 6.07) is 7.29. The van der Waals surface area contributed by atoms with E-state index in [2.05, 4.69) is 9.98 Å². The van der Waals surface area contributed by atoms with Gasteiger partial charge in [0, 0.05) is 16.6 Å². The minimum atomic E-state index is 0.458. The molecule has 0 aliphatic rings. The van der Waals surface area contributed by atoms with Crippen LogP contribution in [0.5, 0.6) is 0 Å². The van der Waals surface area contributed by atoms with E-state index >= 15 is 0 Å². The molecular weight excluding hydrogens is 289 g/mol. The number of rotatable bonds is 2. The Morgan fingerprint density at radius 1 is 1.22 bits per heavy atom. The number of imidazole rings is 1. The number of aromatic nitrogens is 2. The zero-order valence-corrected chi connectivity index (χ0v) is 11.4. The lowest BCUT2D eigenvalue weighted by Gasteiger charge is -1.94. The fraction of sp³-hybridized carbons (Fsp3) is 0. The van der Waals surface area contributed by atoms with Crippen LogP contribution < -0.4 is 0 Å². The molecule has 0 amide bonds. The first kappa shape index (κ1) is 11.7. The molecule has 0 fully saturated rings. The van der Waals surface area contributed by atoms with Crippen molar-refractivity contribution in [2.75, 3.05) is 0 Å². The van der Waals surface area contributed by atoms with E-state index in [1.165, 1.54) is 11.3 Å². The number of thiazole rings is 1. The summed E-state index contributed by atoms with van der Waals surface area (Å²) in [4.78, 5) is 9.45. The van der Waals surface area contributed by atoms with Gasteiger partial charge in [-0.25, -0.2) is 4.98 Å². The fourth-order valence-electron chi connectivity index (χ4n) is 1.56. The van der Waals surface area contributed by atoms with E-state index in [1.54, 1.807) is 18.3 Å². The van der Waals surface area contributed by atoms with Crippen LogP contribution in [0, 0.1) is 0 Å². The molecule has 0 unspecified atom stereocenters. The molecule has 0 bridgehead atoms. The van der Waals surface area contributed by atoms with Gasteiger partial charge in [-0.1, -0.05) is 23.2 Å². The predicted molar refractivity (Wildman–Crippen MR) is 76.8 cm³/mol. The highest BCUT2D eigenvalue weighted by molar-refractivity contribution is 7.15. The molecule has 0 spiro atoms. The van der Waals surface area contributed by atoms with E-state index in [-0.39, 0.29) is 0 Å². The third kappa shape index (κ3) is 2.14. The minimum absolute atomic E-state index is 0.458. The van der Waals surface area contributed by atoms with Crippen LogP contribution in [0.2, 0.25) is 10.2 Å². The smallest absolute Gasteiger partial charge is 0.195 e. The molecule has 2 aromatic heterocycles. The standard InChI is InChI=1S/C12H7Cl2N3S/c13-8-1-3-9(4-2-8)15-7-10-11(14)16-12-17(10)5-6-18-12/h1-7H. The van der Waals surface area contributed by atoms with Gasteiger partial charge in [-0.3, -0.25) is 9.39 Å². The van der Waals surface area contributed by atoms with Gasteiger partial charge in [0.05, 0.1) is 11.9 Å². The first-order valence-electron chi connectivity index (χ1n) is 5.15. The summed E-state index contributed by atoms with van der Waals surface area (Å²) in [5.41, 5.74) is 1.60. The number of nitrogens with zero attached hydrogens (tertiary/aromatic N) is 3. The quantitative estimate of drug-likeness (QED) is 0.642. The van der Waals surface area contributed by atoms with Crippen molar-refractivity contribution in [1.82, 2.24) is 9.38 Å². The Bertz CT molecular complexity index is 713. The molecule has 6 heteroatoms. The highest BCUT2D eigenvalue weighted by atomic mass is 35.5. The largest absolute Gasteiger partial charge is 0.288 e. The normalized spacial score (nSPS) is 11.7. The van der Waals surface area contributed by atoms with Crippen LogP contribution in [0.15, 0.2) is 40.8 Å². The molecule has 0 radical (unpaired) electrons. The van der Waals surface area contributed by atoms with Crippen LogP contribution in [0.3, 0.4) is 0 Å². The summed E-state index contributed by atoms with van der Waals surface area (Å²) in [5.74, 6) is 0. The van der Waals surface area contributed by atoms with E-state index in [9.17, 15) is 0 Å². The van der Waals surface area contributed by atoms with Crippen molar-refractivity contribution in [3.05, 3.63) is 51.7 Å². The maximum Gasteiger partial charge on any atom is 0.195 e. The molecule has 3 rings (SSSR count). The second kappa shape index (κ2) is 4.72. The van der Waals surface area contributed by atoms with Gasteiger partial charge in [0.1, 0.15) is 5.69 Å². The Morgan fingerprint density at radius 3 is 2.78 bits per heavy atom. The topological polar surface area (TPSA) is 29.7 Å². The number of aliphatic imine (C=N–C) groups is 1. The molecule has 0 aliphatic carbocycles. The molecule has 3 nitrogen and oxygen atoms in total. The van der Waals surface area contributed by atoms with Crippen LogP contribution in [0.1, 0.15) is 5.69 Å². The summed E-state index contributed by atoms with van der Waals surface area (Å²) >= 11 is 13.4. The van der Waals surface area contributed by atoms with E-state index in [4.69, 9.17) is 23.2 Å². The van der Waals surface area contributed by atoms with Gasteiger partial charge in [-0.2, -0.15) is 0 Å². The van der Waals surface area contributed by atoms with Crippen molar-refractivity contribution < 1.29 is 0 Å². The maximum absolute atomic E-state index is 6.06. The third-order valence-electron chi connectivity index (χ3n) is 2.42. The van der Waals surface area contributed by atoms with E-state index in [0.29, 0.717) is 10.2 Å². The van der Waals surface area contributed by atoms with Gasteiger partial charge in [0.2, 0.25) is 0 Å². The lowest BCUT2D eigenvalue weighted by Crippen LogP contribution is -1.87. The van der Waals surface area contributed by atoms with E-state index in [1.807, 2.05) is 28.1 Å². The number of fused-ring (bicyclic) bond motifs is 1. The first-order valence-corrected chi connectivity index (χ1v) is 6.78. The van der Waals surface area contributed by atoms with Gasteiger partial charge in [-0.15, -0.1) is 11.3 Å². The highest BCUT2D eigenvalue weighted by Gasteiger charge is 2.08. The Hall–Kier alpha value is -1.36. The molecule has 3 aromatic rings. The Labute approximate surface area is 117 Å². The average Bonchev–Trinajstić information content (AvgIpc) is 2.90. The molecule has 90 valence electrons. The molecular formula is C12H7Cl2N3S. The monoisotopic (exact) mass is 295 g/mol. The summed E-state index contributed by atoms with van der Waals surface area (Å²) in [7, 11) is 0. The van der Waals surface area contributed by atoms with Crippen molar-refractivity contribution >= 4 is 51.4 Å². The molecule has 18 heavy (non-hydrogen) atoms. The second-order valence-corrected chi connectivity index (χ2v) is 5.25. The fourth-order valence-corrected chi connectivity index (χ4v) is 2.67. The van der Waals surface area contributed by atoms with Gasteiger partial charge < -0.3 is 0 Å². The molecule has 0 saturated carbocycles. The molecule has 0 saturated heterocycles. The molecule has 0 N–H and O–H groups in total. The number of benzene rings is 1. The van der Waals surface area contributed by atoms with Crippen LogP contribution >= 0.6 is 34.5 Å². The third-order valence-corrected chi connectivity index (χ3v) is 3.70. The van der Waals surface area contributed by atoms with Crippen molar-refractivity contribution in [1.29, 1.82) is 0 Å². The number of hydrogen-bond acceptors (Lipinski definition) is 3. The second-order valence-electron chi connectivity index (χ2n) is 3.58. The minimum Gasteiger partial charge on any atom is -0.288 e. The Kier molecular flexibility index (Phi) is 3.07. The van der Waals surface area contributed by atoms with Crippen molar-refractivity contribution in [2.24, 2.45) is 4.99 Å². The van der Waals surface area contributed by atoms with Gasteiger partial charge in [0.25, 0.3) is 0 Å².